The summed E-state index contributed by atoms with van der Waals surface area (Å²) in [5.41, 5.74) is 3.21. The molecular weight excluding hydrogens is 526 g/mol. The van der Waals surface area contributed by atoms with E-state index < -0.39 is 4.92 Å². The van der Waals surface area contributed by atoms with E-state index in [1.165, 1.54) is 6.07 Å². The summed E-state index contributed by atoms with van der Waals surface area (Å²) >= 11 is 5.44. The van der Waals surface area contributed by atoms with Crippen LogP contribution in [0, 0.1) is 10.1 Å². The summed E-state index contributed by atoms with van der Waals surface area (Å²) in [6.45, 7) is 0. The van der Waals surface area contributed by atoms with Gasteiger partial charge in [-0.05, 0) is 39.8 Å². The highest BCUT2D eigenvalue weighted by Gasteiger charge is 2.25. The summed E-state index contributed by atoms with van der Waals surface area (Å²) in [5.74, 6) is 0.634. The second kappa shape index (κ2) is 7.83. The molecule has 6 aromatic rings. The number of para-hydroxylation sites is 1. The maximum atomic E-state index is 11.8. The Kier molecular flexibility index (Phi) is 4.78. The van der Waals surface area contributed by atoms with Crippen LogP contribution in [0.3, 0.4) is 0 Å². The van der Waals surface area contributed by atoms with Gasteiger partial charge in [-0.2, -0.15) is 13.3 Å². The average Bonchev–Trinajstić information content (AvgIpc) is 3.49. The number of rotatable bonds is 4. The Labute approximate surface area is 202 Å². The Morgan fingerprint density at radius 3 is 2.58 bits per heavy atom. The Morgan fingerprint density at radius 1 is 1.00 bits per heavy atom. The zero-order chi connectivity index (χ0) is 22.5. The molecule has 0 saturated carbocycles. The third-order valence-corrected chi connectivity index (χ3v) is 7.10. The van der Waals surface area contributed by atoms with E-state index in [-0.39, 0.29) is 5.69 Å². The molecule has 0 aliphatic rings. The Morgan fingerprint density at radius 2 is 1.76 bits per heavy atom. The molecule has 6 rings (SSSR count). The monoisotopic (exact) mass is 535 g/mol. The third-order valence-electron chi connectivity index (χ3n) is 5.01. The molecule has 3 aromatic heterocycles. The molecule has 12 heteroatoms. The van der Waals surface area contributed by atoms with Gasteiger partial charge in [-0.15, -0.1) is 5.10 Å². The van der Waals surface area contributed by atoms with Gasteiger partial charge < -0.3 is 0 Å². The number of fused-ring (bicyclic) bond motifs is 4. The molecule has 3 aromatic carbocycles. The van der Waals surface area contributed by atoms with Crippen molar-refractivity contribution in [3.05, 3.63) is 75.3 Å². The summed E-state index contributed by atoms with van der Waals surface area (Å²) < 4.78 is 10.7. The number of aromatic nitrogens is 6. The quantitative estimate of drug-likeness (QED) is 0.206. The van der Waals surface area contributed by atoms with Gasteiger partial charge in [0.15, 0.2) is 11.5 Å². The Hall–Kier alpha value is -3.48. The summed E-state index contributed by atoms with van der Waals surface area (Å²) in [6, 6.07) is 18.8. The molecular formula is C21H10BrN7O2S2. The van der Waals surface area contributed by atoms with Gasteiger partial charge in [0.05, 0.1) is 26.6 Å². The van der Waals surface area contributed by atoms with Crippen molar-refractivity contribution in [2.45, 2.75) is 10.1 Å². The van der Waals surface area contributed by atoms with E-state index in [1.807, 2.05) is 54.6 Å². The third kappa shape index (κ3) is 3.34. The summed E-state index contributed by atoms with van der Waals surface area (Å²) in [6.07, 6.45) is 0. The minimum Gasteiger partial charge on any atom is -0.258 e. The van der Waals surface area contributed by atoms with Crippen LogP contribution in [-0.4, -0.2) is 33.3 Å². The standard InChI is InChI=1S/C21H10BrN7O2S2/c22-13-10-15(29(30)31)18(17-16(13)26-33-27-17)32-21-24-20-12-8-4-5-9-14(12)23-19(28(20)25-21)11-6-2-1-3-7-11/h1-10H. The van der Waals surface area contributed by atoms with Crippen LogP contribution in [0.25, 0.3) is 39.0 Å². The van der Waals surface area contributed by atoms with Gasteiger partial charge in [-0.25, -0.2) is 9.97 Å². The molecule has 3 heterocycles. The summed E-state index contributed by atoms with van der Waals surface area (Å²) in [7, 11) is 0. The lowest BCUT2D eigenvalue weighted by molar-refractivity contribution is -0.387. The van der Waals surface area contributed by atoms with Crippen molar-refractivity contribution < 1.29 is 4.92 Å². The van der Waals surface area contributed by atoms with Crippen LogP contribution in [0.5, 0.6) is 0 Å². The van der Waals surface area contributed by atoms with E-state index in [2.05, 4.69) is 29.8 Å². The molecule has 0 atom stereocenters. The summed E-state index contributed by atoms with van der Waals surface area (Å²) in [5, 5.41) is 17.6. The fourth-order valence-electron chi connectivity index (χ4n) is 3.55. The lowest BCUT2D eigenvalue weighted by Gasteiger charge is -2.06. The SMILES string of the molecule is O=[N+]([O-])c1cc(Br)c2nsnc2c1Sc1nc2c3ccccc3nc(-c3ccccc3)n2n1. The van der Waals surface area contributed by atoms with E-state index in [1.54, 1.807) is 4.52 Å². The average molecular weight is 536 g/mol. The van der Waals surface area contributed by atoms with Crippen LogP contribution in [0.15, 0.2) is 75.2 Å². The molecule has 0 fully saturated rings. The minimum absolute atomic E-state index is 0.0859. The van der Waals surface area contributed by atoms with E-state index in [0.29, 0.717) is 37.0 Å². The Balaban J connectivity index is 1.59. The first-order valence-electron chi connectivity index (χ1n) is 9.58. The number of benzene rings is 3. The molecule has 0 N–H and O–H groups in total. The molecule has 0 radical (unpaired) electrons. The van der Waals surface area contributed by atoms with Crippen molar-refractivity contribution in [3.8, 4) is 11.4 Å². The van der Waals surface area contributed by atoms with Gasteiger partial charge in [0, 0.05) is 17.0 Å². The minimum atomic E-state index is -0.436. The number of nitro benzene ring substituents is 1. The first-order chi connectivity index (χ1) is 16.1. The van der Waals surface area contributed by atoms with Gasteiger partial charge >= 0.3 is 0 Å². The largest absolute Gasteiger partial charge is 0.286 e. The van der Waals surface area contributed by atoms with Gasteiger partial charge in [-0.3, -0.25) is 10.1 Å². The number of hydrogen-bond acceptors (Lipinski definition) is 9. The normalized spacial score (nSPS) is 11.5. The van der Waals surface area contributed by atoms with Crippen LogP contribution >= 0.6 is 39.4 Å². The van der Waals surface area contributed by atoms with E-state index in [9.17, 15) is 10.1 Å². The summed E-state index contributed by atoms with van der Waals surface area (Å²) in [4.78, 5) is 21.2. The van der Waals surface area contributed by atoms with E-state index in [0.717, 1.165) is 40.0 Å². The van der Waals surface area contributed by atoms with Crippen LogP contribution in [0.1, 0.15) is 0 Å². The second-order valence-corrected chi connectivity index (χ2v) is 9.34. The first kappa shape index (κ1) is 20.1. The second-order valence-electron chi connectivity index (χ2n) is 6.98. The van der Waals surface area contributed by atoms with Crippen molar-refractivity contribution in [1.29, 1.82) is 0 Å². The smallest absolute Gasteiger partial charge is 0.258 e. The molecule has 0 aliphatic heterocycles. The zero-order valence-electron chi connectivity index (χ0n) is 16.4. The van der Waals surface area contributed by atoms with E-state index >= 15 is 0 Å². The van der Waals surface area contributed by atoms with Gasteiger partial charge in [0.25, 0.3) is 5.69 Å². The lowest BCUT2D eigenvalue weighted by atomic mass is 10.2. The molecule has 0 saturated heterocycles. The molecule has 0 bridgehead atoms. The molecule has 0 spiro atoms. The van der Waals surface area contributed by atoms with Crippen molar-refractivity contribution in [3.63, 3.8) is 0 Å². The molecule has 33 heavy (non-hydrogen) atoms. The van der Waals surface area contributed by atoms with Crippen molar-refractivity contribution in [2.75, 3.05) is 0 Å². The highest BCUT2D eigenvalue weighted by molar-refractivity contribution is 9.10. The van der Waals surface area contributed by atoms with Gasteiger partial charge in [-0.1, -0.05) is 42.5 Å². The zero-order valence-corrected chi connectivity index (χ0v) is 19.6. The van der Waals surface area contributed by atoms with Crippen LogP contribution in [0.2, 0.25) is 0 Å². The number of nitro groups is 1. The van der Waals surface area contributed by atoms with Crippen molar-refractivity contribution >= 4 is 72.7 Å². The molecule has 0 aliphatic carbocycles. The van der Waals surface area contributed by atoms with Crippen LogP contribution in [-0.2, 0) is 0 Å². The molecule has 0 amide bonds. The predicted molar refractivity (Wildman–Crippen MR) is 130 cm³/mol. The van der Waals surface area contributed by atoms with Crippen LogP contribution in [0.4, 0.5) is 5.69 Å². The highest BCUT2D eigenvalue weighted by Crippen LogP contribution is 2.42. The Bertz CT molecular complexity index is 1700. The van der Waals surface area contributed by atoms with Gasteiger partial charge in [0.1, 0.15) is 15.9 Å². The predicted octanol–water partition coefficient (Wildman–Crippen LogP) is 5.77. The van der Waals surface area contributed by atoms with Crippen LogP contribution < -0.4 is 0 Å². The van der Waals surface area contributed by atoms with E-state index in [4.69, 9.17) is 9.97 Å². The topological polar surface area (TPSA) is 112 Å². The molecule has 160 valence electrons. The van der Waals surface area contributed by atoms with Gasteiger partial charge in [0.2, 0.25) is 5.16 Å². The number of hydrogen-bond donors (Lipinski definition) is 0. The fraction of sp³-hybridized carbons (Fsp3) is 0. The molecule has 0 unspecified atom stereocenters. The first-order valence-corrected chi connectivity index (χ1v) is 11.9. The number of halogens is 1. The maximum absolute atomic E-state index is 11.8. The highest BCUT2D eigenvalue weighted by atomic mass is 79.9. The van der Waals surface area contributed by atoms with Crippen molar-refractivity contribution in [1.82, 2.24) is 28.3 Å². The number of nitrogens with zero attached hydrogens (tertiary/aromatic N) is 7. The lowest BCUT2D eigenvalue weighted by Crippen LogP contribution is -1.99. The van der Waals surface area contributed by atoms with Crippen molar-refractivity contribution in [2.24, 2.45) is 0 Å². The molecule has 9 nitrogen and oxygen atoms in total. The fourth-order valence-corrected chi connectivity index (χ4v) is 5.70. The maximum Gasteiger partial charge on any atom is 0.286 e.